The van der Waals surface area contributed by atoms with Crippen molar-refractivity contribution in [2.24, 2.45) is 0 Å². The Bertz CT molecular complexity index is 760. The van der Waals surface area contributed by atoms with Crippen LogP contribution in [0.2, 0.25) is 0 Å². The van der Waals surface area contributed by atoms with Gasteiger partial charge in [0.25, 0.3) is 5.69 Å². The van der Waals surface area contributed by atoms with E-state index in [0.29, 0.717) is 12.0 Å². The third-order valence-electron chi connectivity index (χ3n) is 3.52. The van der Waals surface area contributed by atoms with E-state index < -0.39 is 0 Å². The fourth-order valence-corrected chi connectivity index (χ4v) is 3.12. The summed E-state index contributed by atoms with van der Waals surface area (Å²) in [6, 6.07) is 3.53. The highest BCUT2D eigenvalue weighted by Crippen LogP contribution is 2.26. The van der Waals surface area contributed by atoms with E-state index in [1.165, 1.54) is 0 Å². The summed E-state index contributed by atoms with van der Waals surface area (Å²) < 4.78 is 0. The molecule has 1 aromatic carbocycles. The van der Waals surface area contributed by atoms with Crippen molar-refractivity contribution in [1.29, 1.82) is 0 Å². The van der Waals surface area contributed by atoms with Crippen LogP contribution in [0.5, 0.6) is 0 Å². The molecule has 0 aliphatic heterocycles. The normalized spacial score (nSPS) is 11.5. The molecule has 22 heavy (non-hydrogen) atoms. The number of nitro benzene ring substituents is 1. The molecule has 0 unspecified atom stereocenters. The van der Waals surface area contributed by atoms with E-state index in [1.807, 2.05) is 31.4 Å². The average Bonchev–Trinajstić information content (AvgIpc) is 2.91. The summed E-state index contributed by atoms with van der Waals surface area (Å²) in [4.78, 5) is 15.2. The standard InChI is InChI=1S/C17H18N2O2S/c1-5-6-11(2)15-10-22-17(18-15)9-14-7-13(4)16(19(20)21)8-12(14)3/h5-8,10H,1,9H2,2-4H3/b11-6+. The van der Waals surface area contributed by atoms with Crippen LogP contribution in [0.25, 0.3) is 5.57 Å². The molecule has 0 saturated heterocycles. The highest BCUT2D eigenvalue weighted by atomic mass is 32.1. The highest BCUT2D eigenvalue weighted by molar-refractivity contribution is 7.09. The van der Waals surface area contributed by atoms with Crippen LogP contribution in [0, 0.1) is 24.0 Å². The maximum atomic E-state index is 11.0. The molecule has 0 amide bonds. The molecule has 0 spiro atoms. The Morgan fingerprint density at radius 2 is 2.14 bits per heavy atom. The van der Waals surface area contributed by atoms with Gasteiger partial charge in [0.2, 0.25) is 0 Å². The Kier molecular flexibility index (Phi) is 4.88. The molecule has 1 aromatic heterocycles. The first-order valence-electron chi connectivity index (χ1n) is 6.91. The SMILES string of the molecule is C=C/C=C(\C)c1csc(Cc2cc(C)c([N+](=O)[O-])cc2C)n1. The van der Waals surface area contributed by atoms with E-state index >= 15 is 0 Å². The Morgan fingerprint density at radius 3 is 2.77 bits per heavy atom. The van der Waals surface area contributed by atoms with E-state index in [0.717, 1.165) is 27.4 Å². The second-order valence-corrected chi connectivity index (χ2v) is 6.15. The molecule has 0 aliphatic rings. The summed E-state index contributed by atoms with van der Waals surface area (Å²) >= 11 is 1.60. The fourth-order valence-electron chi connectivity index (χ4n) is 2.25. The molecule has 0 bridgehead atoms. The number of rotatable bonds is 5. The summed E-state index contributed by atoms with van der Waals surface area (Å²) in [5.74, 6) is 0. The number of aromatic nitrogens is 1. The summed E-state index contributed by atoms with van der Waals surface area (Å²) in [6.45, 7) is 9.36. The van der Waals surface area contributed by atoms with Gasteiger partial charge < -0.3 is 0 Å². The summed E-state index contributed by atoms with van der Waals surface area (Å²) in [6.07, 6.45) is 4.37. The second-order valence-electron chi connectivity index (χ2n) is 5.21. The fraction of sp³-hybridized carbons (Fsp3) is 0.235. The minimum atomic E-state index is -0.336. The smallest absolute Gasteiger partial charge is 0.258 e. The molecule has 114 valence electrons. The first kappa shape index (κ1) is 16.1. The lowest BCUT2D eigenvalue weighted by atomic mass is 10.0. The predicted molar refractivity (Wildman–Crippen MR) is 91.3 cm³/mol. The van der Waals surface area contributed by atoms with Crippen molar-refractivity contribution in [3.05, 3.63) is 73.7 Å². The van der Waals surface area contributed by atoms with Crippen molar-refractivity contribution >= 4 is 22.6 Å². The number of allylic oxidation sites excluding steroid dienone is 3. The zero-order valence-corrected chi connectivity index (χ0v) is 13.7. The van der Waals surface area contributed by atoms with Crippen molar-refractivity contribution in [3.8, 4) is 0 Å². The van der Waals surface area contributed by atoms with Crippen molar-refractivity contribution in [2.75, 3.05) is 0 Å². The number of thiazole rings is 1. The average molecular weight is 314 g/mol. The minimum absolute atomic E-state index is 0.172. The van der Waals surface area contributed by atoms with Gasteiger partial charge in [-0.2, -0.15) is 0 Å². The topological polar surface area (TPSA) is 56.0 Å². The van der Waals surface area contributed by atoms with Gasteiger partial charge in [0, 0.05) is 23.4 Å². The van der Waals surface area contributed by atoms with Crippen LogP contribution in [0.1, 0.15) is 34.3 Å². The van der Waals surface area contributed by atoms with Crippen LogP contribution >= 0.6 is 11.3 Å². The molecule has 1 heterocycles. The predicted octanol–water partition coefficient (Wildman–Crippen LogP) is 4.85. The first-order chi connectivity index (χ1) is 10.4. The zero-order chi connectivity index (χ0) is 16.3. The molecular weight excluding hydrogens is 296 g/mol. The van der Waals surface area contributed by atoms with Crippen molar-refractivity contribution in [2.45, 2.75) is 27.2 Å². The van der Waals surface area contributed by atoms with Gasteiger partial charge in [-0.25, -0.2) is 4.98 Å². The maximum absolute atomic E-state index is 11.0. The van der Waals surface area contributed by atoms with Gasteiger partial charge >= 0.3 is 0 Å². The molecule has 0 N–H and O–H groups in total. The molecule has 0 saturated carbocycles. The number of hydrogen-bond donors (Lipinski definition) is 0. The summed E-state index contributed by atoms with van der Waals surface area (Å²) in [5.41, 5.74) is 4.89. The van der Waals surface area contributed by atoms with Crippen LogP contribution in [0.15, 0.2) is 36.2 Å². The van der Waals surface area contributed by atoms with E-state index in [1.54, 1.807) is 30.4 Å². The largest absolute Gasteiger partial charge is 0.272 e. The second kappa shape index (κ2) is 6.66. The van der Waals surface area contributed by atoms with Gasteiger partial charge in [0.1, 0.15) is 0 Å². The first-order valence-corrected chi connectivity index (χ1v) is 7.79. The van der Waals surface area contributed by atoms with Gasteiger partial charge in [-0.1, -0.05) is 18.7 Å². The summed E-state index contributed by atoms with van der Waals surface area (Å²) in [5, 5.41) is 14.0. The molecule has 5 heteroatoms. The third-order valence-corrected chi connectivity index (χ3v) is 4.37. The monoisotopic (exact) mass is 314 g/mol. The Balaban J connectivity index is 2.28. The van der Waals surface area contributed by atoms with E-state index in [-0.39, 0.29) is 10.6 Å². The van der Waals surface area contributed by atoms with Crippen molar-refractivity contribution in [1.82, 2.24) is 4.98 Å². The molecular formula is C17H18N2O2S. The lowest BCUT2D eigenvalue weighted by Crippen LogP contribution is -1.98. The number of nitrogens with zero attached hydrogens (tertiary/aromatic N) is 2. The molecule has 0 radical (unpaired) electrons. The van der Waals surface area contributed by atoms with E-state index in [9.17, 15) is 10.1 Å². The Hall–Kier alpha value is -2.27. The number of nitro groups is 1. The van der Waals surface area contributed by atoms with Crippen molar-refractivity contribution < 1.29 is 4.92 Å². The quantitative estimate of drug-likeness (QED) is 0.450. The van der Waals surface area contributed by atoms with Gasteiger partial charge in [-0.05, 0) is 43.5 Å². The zero-order valence-electron chi connectivity index (χ0n) is 12.9. The highest BCUT2D eigenvalue weighted by Gasteiger charge is 2.14. The number of benzene rings is 1. The lowest BCUT2D eigenvalue weighted by Gasteiger charge is -2.06. The molecule has 2 rings (SSSR count). The third kappa shape index (κ3) is 3.49. The van der Waals surface area contributed by atoms with Gasteiger partial charge in [-0.15, -0.1) is 11.3 Å². The molecule has 2 aromatic rings. The van der Waals surface area contributed by atoms with Gasteiger partial charge in [-0.3, -0.25) is 10.1 Å². The molecule has 0 fully saturated rings. The van der Waals surface area contributed by atoms with Crippen LogP contribution in [0.3, 0.4) is 0 Å². The van der Waals surface area contributed by atoms with Crippen LogP contribution in [-0.4, -0.2) is 9.91 Å². The van der Waals surface area contributed by atoms with E-state index in [4.69, 9.17) is 0 Å². The Labute approximate surface area is 134 Å². The summed E-state index contributed by atoms with van der Waals surface area (Å²) in [7, 11) is 0. The molecule has 0 atom stereocenters. The number of hydrogen-bond acceptors (Lipinski definition) is 4. The van der Waals surface area contributed by atoms with Gasteiger partial charge in [0.05, 0.1) is 15.6 Å². The Morgan fingerprint density at radius 1 is 1.41 bits per heavy atom. The lowest BCUT2D eigenvalue weighted by molar-refractivity contribution is -0.385. The van der Waals surface area contributed by atoms with Crippen LogP contribution in [0.4, 0.5) is 5.69 Å². The van der Waals surface area contributed by atoms with Crippen LogP contribution < -0.4 is 0 Å². The number of aryl methyl sites for hydroxylation is 2. The van der Waals surface area contributed by atoms with E-state index in [2.05, 4.69) is 11.6 Å². The minimum Gasteiger partial charge on any atom is -0.258 e. The van der Waals surface area contributed by atoms with Gasteiger partial charge in [0.15, 0.2) is 0 Å². The van der Waals surface area contributed by atoms with Crippen LogP contribution in [-0.2, 0) is 6.42 Å². The molecule has 4 nitrogen and oxygen atoms in total. The maximum Gasteiger partial charge on any atom is 0.272 e. The molecule has 0 aliphatic carbocycles. The van der Waals surface area contributed by atoms with Crippen molar-refractivity contribution in [3.63, 3.8) is 0 Å².